The first-order valence-electron chi connectivity index (χ1n) is 10.9. The van der Waals surface area contributed by atoms with E-state index in [9.17, 15) is 18.0 Å². The molecule has 170 valence electrons. The lowest BCUT2D eigenvalue weighted by molar-refractivity contribution is -0.136. The van der Waals surface area contributed by atoms with Gasteiger partial charge in [0.2, 0.25) is 5.91 Å². The maximum Gasteiger partial charge on any atom is 0.417 e. The SMILES string of the molecule is CCc1cc(C(F)(F)F)c2c(C3CCN(C(=O)C4NNC(CC)C4C)CC3)noc2n1. The zero-order valence-corrected chi connectivity index (χ0v) is 17.9. The Morgan fingerprint density at radius 3 is 2.55 bits per heavy atom. The fourth-order valence-electron chi connectivity index (χ4n) is 4.73. The minimum absolute atomic E-state index is 0.0321. The number of hydrogen-bond donors (Lipinski definition) is 2. The van der Waals surface area contributed by atoms with Crippen molar-refractivity contribution in [1.82, 2.24) is 25.9 Å². The number of aryl methyl sites for hydroxylation is 1. The molecule has 10 heteroatoms. The third kappa shape index (κ3) is 4.03. The van der Waals surface area contributed by atoms with E-state index in [-0.39, 0.29) is 40.9 Å². The number of likely N-dealkylation sites (tertiary alicyclic amines) is 1. The van der Waals surface area contributed by atoms with E-state index < -0.39 is 11.7 Å². The Morgan fingerprint density at radius 2 is 1.97 bits per heavy atom. The second-order valence-corrected chi connectivity index (χ2v) is 8.50. The third-order valence-electron chi connectivity index (χ3n) is 6.68. The Hall–Kier alpha value is -2.20. The Kier molecular flexibility index (Phi) is 5.95. The van der Waals surface area contributed by atoms with Crippen LogP contribution >= 0.6 is 0 Å². The standard InChI is InChI=1S/C21H28F3N5O2/c1-4-13-10-14(21(22,23)24)16-18(28-31-19(16)25-13)12-6-8-29(9-7-12)20(30)17-11(3)15(5-2)26-27-17/h10-12,15,17,26-27H,4-9H2,1-3H3. The van der Waals surface area contributed by atoms with Gasteiger partial charge in [0.05, 0.1) is 16.6 Å². The van der Waals surface area contributed by atoms with Gasteiger partial charge >= 0.3 is 6.18 Å². The van der Waals surface area contributed by atoms with Crippen molar-refractivity contribution >= 4 is 17.0 Å². The molecule has 1 amide bonds. The summed E-state index contributed by atoms with van der Waals surface area (Å²) < 4.78 is 46.4. The summed E-state index contributed by atoms with van der Waals surface area (Å²) in [5.74, 6) is -0.0105. The van der Waals surface area contributed by atoms with Gasteiger partial charge in [-0.1, -0.05) is 25.9 Å². The van der Waals surface area contributed by atoms with Gasteiger partial charge in [-0.3, -0.25) is 10.2 Å². The fourth-order valence-corrected chi connectivity index (χ4v) is 4.73. The van der Waals surface area contributed by atoms with Gasteiger partial charge in [-0.15, -0.1) is 0 Å². The van der Waals surface area contributed by atoms with Gasteiger partial charge in [0, 0.05) is 30.7 Å². The first kappa shape index (κ1) is 22.0. The van der Waals surface area contributed by atoms with Crippen LogP contribution in [0.3, 0.4) is 0 Å². The van der Waals surface area contributed by atoms with E-state index in [2.05, 4.69) is 27.9 Å². The zero-order chi connectivity index (χ0) is 22.3. The van der Waals surface area contributed by atoms with Crippen molar-refractivity contribution in [3.63, 3.8) is 0 Å². The zero-order valence-electron chi connectivity index (χ0n) is 17.9. The number of hydrogen-bond acceptors (Lipinski definition) is 6. The number of aromatic nitrogens is 2. The first-order valence-corrected chi connectivity index (χ1v) is 10.9. The normalized spacial score (nSPS) is 25.5. The third-order valence-corrected chi connectivity index (χ3v) is 6.68. The van der Waals surface area contributed by atoms with Crippen LogP contribution in [-0.4, -0.2) is 46.1 Å². The van der Waals surface area contributed by atoms with Crippen molar-refractivity contribution in [2.75, 3.05) is 13.1 Å². The number of nitrogens with one attached hydrogen (secondary N) is 2. The van der Waals surface area contributed by atoms with Crippen molar-refractivity contribution in [3.05, 3.63) is 23.0 Å². The molecule has 2 aromatic heterocycles. The predicted octanol–water partition coefficient (Wildman–Crippen LogP) is 3.40. The van der Waals surface area contributed by atoms with Crippen LogP contribution in [0.4, 0.5) is 13.2 Å². The quantitative estimate of drug-likeness (QED) is 0.760. The smallest absolute Gasteiger partial charge is 0.341 e. The Bertz CT molecular complexity index is 952. The number of amides is 1. The van der Waals surface area contributed by atoms with Gasteiger partial charge in [0.1, 0.15) is 6.04 Å². The fraction of sp³-hybridized carbons (Fsp3) is 0.667. The maximum absolute atomic E-state index is 13.7. The molecule has 4 rings (SSSR count). The summed E-state index contributed by atoms with van der Waals surface area (Å²) in [5, 5.41) is 3.94. The van der Waals surface area contributed by atoms with Crippen LogP contribution in [-0.2, 0) is 17.4 Å². The summed E-state index contributed by atoms with van der Waals surface area (Å²) in [7, 11) is 0. The molecule has 0 bridgehead atoms. The minimum atomic E-state index is -4.52. The number of carbonyl (C=O) groups is 1. The van der Waals surface area contributed by atoms with E-state index in [0.717, 1.165) is 12.5 Å². The van der Waals surface area contributed by atoms with Gasteiger partial charge in [-0.25, -0.2) is 10.4 Å². The van der Waals surface area contributed by atoms with E-state index in [1.807, 2.05) is 6.92 Å². The first-order chi connectivity index (χ1) is 14.7. The molecule has 0 radical (unpaired) electrons. The highest BCUT2D eigenvalue weighted by Crippen LogP contribution is 2.40. The molecule has 2 aromatic rings. The number of nitrogens with zero attached hydrogens (tertiary/aromatic N) is 3. The van der Waals surface area contributed by atoms with Crippen molar-refractivity contribution in [2.24, 2.45) is 5.92 Å². The van der Waals surface area contributed by atoms with Crippen LogP contribution in [0.15, 0.2) is 10.6 Å². The summed E-state index contributed by atoms with van der Waals surface area (Å²) in [6.45, 7) is 6.82. The lowest BCUT2D eigenvalue weighted by atomic mass is 9.89. The second-order valence-electron chi connectivity index (χ2n) is 8.50. The van der Waals surface area contributed by atoms with Gasteiger partial charge in [-0.05, 0) is 37.7 Å². The average Bonchev–Trinajstić information content (AvgIpc) is 3.35. The van der Waals surface area contributed by atoms with Crippen molar-refractivity contribution in [2.45, 2.75) is 70.6 Å². The Labute approximate surface area is 178 Å². The van der Waals surface area contributed by atoms with E-state index >= 15 is 0 Å². The maximum atomic E-state index is 13.7. The lowest BCUT2D eigenvalue weighted by Gasteiger charge is -2.33. The number of fused-ring (bicyclic) bond motifs is 1. The van der Waals surface area contributed by atoms with E-state index in [1.54, 1.807) is 11.8 Å². The molecule has 0 aliphatic carbocycles. The molecule has 31 heavy (non-hydrogen) atoms. The van der Waals surface area contributed by atoms with Crippen LogP contribution in [0, 0.1) is 5.92 Å². The summed E-state index contributed by atoms with van der Waals surface area (Å²) in [5.41, 5.74) is 6.08. The summed E-state index contributed by atoms with van der Waals surface area (Å²) in [6, 6.07) is 1.04. The lowest BCUT2D eigenvalue weighted by Crippen LogP contribution is -2.49. The molecule has 2 fully saturated rings. The molecule has 0 spiro atoms. The van der Waals surface area contributed by atoms with Crippen molar-refractivity contribution in [1.29, 1.82) is 0 Å². The number of rotatable bonds is 4. The average molecular weight is 439 g/mol. The van der Waals surface area contributed by atoms with Gasteiger partial charge in [-0.2, -0.15) is 13.2 Å². The topological polar surface area (TPSA) is 83.3 Å². The highest BCUT2D eigenvalue weighted by atomic mass is 19.4. The van der Waals surface area contributed by atoms with Crippen LogP contribution in [0.1, 0.15) is 62.9 Å². The molecule has 7 nitrogen and oxygen atoms in total. The van der Waals surface area contributed by atoms with Crippen LogP contribution in [0.2, 0.25) is 0 Å². The largest absolute Gasteiger partial charge is 0.417 e. The molecular weight excluding hydrogens is 411 g/mol. The highest BCUT2D eigenvalue weighted by Gasteiger charge is 2.41. The van der Waals surface area contributed by atoms with Crippen molar-refractivity contribution < 1.29 is 22.5 Å². The molecule has 2 N–H and O–H groups in total. The molecule has 4 heterocycles. The molecule has 2 saturated heterocycles. The van der Waals surface area contributed by atoms with Crippen molar-refractivity contribution in [3.8, 4) is 0 Å². The number of halogens is 3. The molecular formula is C21H28F3N5O2. The number of piperidine rings is 1. The number of hydrazine groups is 1. The summed E-state index contributed by atoms with van der Waals surface area (Å²) in [6.07, 6.45) is -2.15. The number of carbonyl (C=O) groups excluding carboxylic acids is 1. The van der Waals surface area contributed by atoms with Gasteiger partial charge < -0.3 is 9.42 Å². The number of pyridine rings is 1. The molecule has 3 atom stereocenters. The van der Waals surface area contributed by atoms with Crippen LogP contribution < -0.4 is 10.9 Å². The second kappa shape index (κ2) is 8.38. The molecule has 0 aromatic carbocycles. The van der Waals surface area contributed by atoms with E-state index in [1.165, 1.54) is 0 Å². The minimum Gasteiger partial charge on any atom is -0.341 e. The monoisotopic (exact) mass is 439 g/mol. The van der Waals surface area contributed by atoms with Crippen LogP contribution in [0.5, 0.6) is 0 Å². The predicted molar refractivity (Wildman–Crippen MR) is 108 cm³/mol. The molecule has 2 aliphatic heterocycles. The summed E-state index contributed by atoms with van der Waals surface area (Å²) >= 11 is 0. The van der Waals surface area contributed by atoms with E-state index in [0.29, 0.717) is 43.7 Å². The van der Waals surface area contributed by atoms with Gasteiger partial charge in [0.15, 0.2) is 0 Å². The molecule has 2 aliphatic rings. The van der Waals surface area contributed by atoms with Crippen LogP contribution in [0.25, 0.3) is 11.1 Å². The molecule has 3 unspecified atom stereocenters. The summed E-state index contributed by atoms with van der Waals surface area (Å²) in [4.78, 5) is 19.0. The Morgan fingerprint density at radius 1 is 1.26 bits per heavy atom. The highest BCUT2D eigenvalue weighted by molar-refractivity contribution is 5.83. The van der Waals surface area contributed by atoms with Gasteiger partial charge in [0.25, 0.3) is 5.71 Å². The Balaban J connectivity index is 1.52. The number of alkyl halides is 3. The molecule has 0 saturated carbocycles. The van der Waals surface area contributed by atoms with E-state index in [4.69, 9.17) is 4.52 Å².